The lowest BCUT2D eigenvalue weighted by molar-refractivity contribution is -0.147. The molecule has 6 nitrogen and oxygen atoms in total. The number of aromatic nitrogens is 1. The molecular formula is C18H22N2O4. The van der Waals surface area contributed by atoms with Gasteiger partial charge < -0.3 is 19.3 Å². The van der Waals surface area contributed by atoms with Gasteiger partial charge in [0.15, 0.2) is 0 Å². The van der Waals surface area contributed by atoms with Gasteiger partial charge >= 0.3 is 5.97 Å². The highest BCUT2D eigenvalue weighted by molar-refractivity contribution is 5.82. The number of aryl methyl sites for hydroxylation is 1. The van der Waals surface area contributed by atoms with Crippen molar-refractivity contribution < 1.29 is 19.4 Å². The number of amides is 1. The maximum absolute atomic E-state index is 12.6. The number of nitrogens with zero attached hydrogens (tertiary/aromatic N) is 2. The van der Waals surface area contributed by atoms with Crippen LogP contribution in [0.2, 0.25) is 0 Å². The van der Waals surface area contributed by atoms with E-state index in [1.807, 2.05) is 41.1 Å². The fourth-order valence-electron chi connectivity index (χ4n) is 3.26. The molecule has 0 unspecified atom stereocenters. The van der Waals surface area contributed by atoms with Crippen molar-refractivity contribution >= 4 is 22.8 Å². The largest absolute Gasteiger partial charge is 0.480 e. The molecule has 0 spiro atoms. The van der Waals surface area contributed by atoms with Gasteiger partial charge in [0.05, 0.1) is 0 Å². The van der Waals surface area contributed by atoms with E-state index in [1.54, 1.807) is 0 Å². The van der Waals surface area contributed by atoms with Crippen molar-refractivity contribution in [3.63, 3.8) is 0 Å². The van der Waals surface area contributed by atoms with Crippen molar-refractivity contribution in [3.8, 4) is 0 Å². The van der Waals surface area contributed by atoms with Gasteiger partial charge in [0, 0.05) is 43.9 Å². The molecule has 1 fully saturated rings. The molecule has 1 saturated heterocycles. The predicted octanol–water partition coefficient (Wildman–Crippen LogP) is 2.12. The lowest BCUT2D eigenvalue weighted by Crippen LogP contribution is -2.46. The molecule has 2 heterocycles. The summed E-state index contributed by atoms with van der Waals surface area (Å²) in [7, 11) is 0. The third-order valence-corrected chi connectivity index (χ3v) is 4.50. The Balaban J connectivity index is 1.67. The summed E-state index contributed by atoms with van der Waals surface area (Å²) in [5, 5.41) is 10.3. The SMILES string of the molecule is O=C(O)CN(C(=O)CCn1ccc2ccccc21)C1CCOCC1. The molecule has 0 radical (unpaired) electrons. The fourth-order valence-corrected chi connectivity index (χ4v) is 3.26. The Labute approximate surface area is 140 Å². The smallest absolute Gasteiger partial charge is 0.323 e. The molecule has 1 aliphatic heterocycles. The minimum absolute atomic E-state index is 0.0382. The highest BCUT2D eigenvalue weighted by atomic mass is 16.5. The average Bonchev–Trinajstić information content (AvgIpc) is 3.01. The van der Waals surface area contributed by atoms with E-state index in [0.717, 1.165) is 10.9 Å². The number of hydrogen-bond acceptors (Lipinski definition) is 3. The van der Waals surface area contributed by atoms with E-state index in [9.17, 15) is 9.59 Å². The Kier molecular flexibility index (Phi) is 5.15. The van der Waals surface area contributed by atoms with Crippen molar-refractivity contribution in [1.29, 1.82) is 0 Å². The third-order valence-electron chi connectivity index (χ3n) is 4.50. The zero-order valence-electron chi connectivity index (χ0n) is 13.6. The van der Waals surface area contributed by atoms with E-state index in [-0.39, 0.29) is 18.5 Å². The lowest BCUT2D eigenvalue weighted by atomic mass is 10.1. The van der Waals surface area contributed by atoms with Crippen molar-refractivity contribution in [2.75, 3.05) is 19.8 Å². The number of carbonyl (C=O) groups excluding carboxylic acids is 1. The second-order valence-electron chi connectivity index (χ2n) is 6.08. The minimum atomic E-state index is -0.971. The van der Waals surface area contributed by atoms with Gasteiger partial charge in [-0.15, -0.1) is 0 Å². The predicted molar refractivity (Wildman–Crippen MR) is 89.7 cm³/mol. The van der Waals surface area contributed by atoms with Crippen LogP contribution < -0.4 is 0 Å². The second kappa shape index (κ2) is 7.49. The van der Waals surface area contributed by atoms with Crippen LogP contribution in [0, 0.1) is 0 Å². The molecule has 2 aromatic rings. The molecule has 1 aromatic carbocycles. The van der Waals surface area contributed by atoms with Gasteiger partial charge in [-0.05, 0) is 30.4 Å². The maximum Gasteiger partial charge on any atom is 0.323 e. The van der Waals surface area contributed by atoms with Crippen LogP contribution in [-0.4, -0.2) is 52.3 Å². The number of rotatable bonds is 6. The number of hydrogen-bond donors (Lipinski definition) is 1. The van der Waals surface area contributed by atoms with Gasteiger partial charge in [-0.3, -0.25) is 9.59 Å². The standard InChI is InChI=1S/C18H22N2O4/c21-17(20(13-18(22)23)15-7-11-24-12-8-15)6-10-19-9-5-14-3-1-2-4-16(14)19/h1-5,9,15H,6-8,10-13H2,(H,22,23). The number of fused-ring (bicyclic) bond motifs is 1. The van der Waals surface area contributed by atoms with Crippen LogP contribution in [0.3, 0.4) is 0 Å². The molecule has 0 atom stereocenters. The van der Waals surface area contributed by atoms with E-state index < -0.39 is 5.97 Å². The van der Waals surface area contributed by atoms with Crippen LogP contribution >= 0.6 is 0 Å². The second-order valence-corrected chi connectivity index (χ2v) is 6.08. The van der Waals surface area contributed by atoms with Gasteiger partial charge in [-0.2, -0.15) is 0 Å². The van der Waals surface area contributed by atoms with Crippen molar-refractivity contribution in [2.45, 2.75) is 31.8 Å². The van der Waals surface area contributed by atoms with Crippen molar-refractivity contribution in [2.24, 2.45) is 0 Å². The zero-order valence-corrected chi connectivity index (χ0v) is 13.6. The van der Waals surface area contributed by atoms with Gasteiger partial charge in [-0.1, -0.05) is 18.2 Å². The van der Waals surface area contributed by atoms with Crippen LogP contribution in [0.15, 0.2) is 36.5 Å². The van der Waals surface area contributed by atoms with E-state index in [2.05, 4.69) is 0 Å². The number of ether oxygens (including phenoxy) is 1. The fraction of sp³-hybridized carbons (Fsp3) is 0.444. The summed E-state index contributed by atoms with van der Waals surface area (Å²) < 4.78 is 7.35. The molecular weight excluding hydrogens is 308 g/mol. The summed E-state index contributed by atoms with van der Waals surface area (Å²) >= 11 is 0. The van der Waals surface area contributed by atoms with Gasteiger partial charge in [0.25, 0.3) is 0 Å². The summed E-state index contributed by atoms with van der Waals surface area (Å²) in [6.45, 7) is 1.47. The highest BCUT2D eigenvalue weighted by Crippen LogP contribution is 2.18. The van der Waals surface area contributed by atoms with Gasteiger partial charge in [-0.25, -0.2) is 0 Å². The quantitative estimate of drug-likeness (QED) is 0.881. The molecule has 1 N–H and O–H groups in total. The summed E-state index contributed by atoms with van der Waals surface area (Å²) in [6, 6.07) is 9.99. The first-order valence-corrected chi connectivity index (χ1v) is 8.28. The number of para-hydroxylation sites is 1. The normalized spacial score (nSPS) is 15.5. The Morgan fingerprint density at radius 2 is 1.96 bits per heavy atom. The monoisotopic (exact) mass is 330 g/mol. The summed E-state index contributed by atoms with van der Waals surface area (Å²) in [5.74, 6) is -1.08. The van der Waals surface area contributed by atoms with Crippen molar-refractivity contribution in [3.05, 3.63) is 36.5 Å². The topological polar surface area (TPSA) is 71.8 Å². The van der Waals surface area contributed by atoms with Crippen molar-refractivity contribution in [1.82, 2.24) is 9.47 Å². The third kappa shape index (κ3) is 3.76. The highest BCUT2D eigenvalue weighted by Gasteiger charge is 2.27. The van der Waals surface area contributed by atoms with Crippen LogP contribution in [-0.2, 0) is 20.9 Å². The Morgan fingerprint density at radius 3 is 2.71 bits per heavy atom. The first-order chi connectivity index (χ1) is 11.6. The number of carboxylic acids is 1. The molecule has 1 amide bonds. The van der Waals surface area contributed by atoms with E-state index >= 15 is 0 Å². The lowest BCUT2D eigenvalue weighted by Gasteiger charge is -2.33. The Hall–Kier alpha value is -2.34. The number of carboxylic acid groups (broad SMARTS) is 1. The first kappa shape index (κ1) is 16.5. The summed E-state index contributed by atoms with van der Waals surface area (Å²) in [6.07, 6.45) is 3.66. The number of carbonyl (C=O) groups is 2. The minimum Gasteiger partial charge on any atom is -0.480 e. The van der Waals surface area contributed by atoms with Crippen LogP contribution in [0.5, 0.6) is 0 Å². The van der Waals surface area contributed by atoms with Gasteiger partial charge in [0.1, 0.15) is 6.54 Å². The molecule has 6 heteroatoms. The summed E-state index contributed by atoms with van der Waals surface area (Å²) in [5.41, 5.74) is 1.08. The molecule has 1 aliphatic rings. The molecule has 128 valence electrons. The first-order valence-electron chi connectivity index (χ1n) is 8.28. The Morgan fingerprint density at radius 1 is 1.21 bits per heavy atom. The molecule has 0 saturated carbocycles. The molecule has 1 aromatic heterocycles. The molecule has 24 heavy (non-hydrogen) atoms. The summed E-state index contributed by atoms with van der Waals surface area (Å²) in [4.78, 5) is 25.3. The van der Waals surface area contributed by atoms with E-state index in [1.165, 1.54) is 4.90 Å². The zero-order chi connectivity index (χ0) is 16.9. The Bertz CT molecular complexity index is 719. The molecule has 0 aliphatic carbocycles. The molecule has 0 bridgehead atoms. The van der Waals surface area contributed by atoms with E-state index in [0.29, 0.717) is 39.0 Å². The maximum atomic E-state index is 12.6. The number of aliphatic carboxylic acids is 1. The average molecular weight is 330 g/mol. The van der Waals surface area contributed by atoms with Crippen LogP contribution in [0.25, 0.3) is 10.9 Å². The van der Waals surface area contributed by atoms with Gasteiger partial charge in [0.2, 0.25) is 5.91 Å². The molecule has 3 rings (SSSR count). The van der Waals surface area contributed by atoms with Crippen LogP contribution in [0.4, 0.5) is 0 Å². The van der Waals surface area contributed by atoms with E-state index in [4.69, 9.17) is 9.84 Å². The number of benzene rings is 1. The van der Waals surface area contributed by atoms with Crippen LogP contribution in [0.1, 0.15) is 19.3 Å².